The molecule has 0 fully saturated rings. The average Bonchev–Trinajstić information content (AvgIpc) is 2.49. The van der Waals surface area contributed by atoms with Gasteiger partial charge in [-0.25, -0.2) is 0 Å². The topological polar surface area (TPSA) is 18.5 Å². The van der Waals surface area contributed by atoms with Crippen LogP contribution in [0.2, 0.25) is 5.02 Å². The molecule has 0 radical (unpaired) electrons. The second-order valence-electron chi connectivity index (χ2n) is 4.89. The monoisotopic (exact) mass is 324 g/mol. The number of aryl methyl sites for hydroxylation is 1. The first-order valence-electron chi connectivity index (χ1n) is 6.66. The van der Waals surface area contributed by atoms with E-state index in [1.54, 1.807) is 20.3 Å². The fourth-order valence-electron chi connectivity index (χ4n) is 2.15. The van der Waals surface area contributed by atoms with E-state index in [0.717, 1.165) is 5.56 Å². The zero-order valence-electron chi connectivity index (χ0n) is 12.3. The lowest BCUT2D eigenvalue weighted by atomic mass is 10.0. The molecule has 2 nitrogen and oxygen atoms in total. The molecule has 21 heavy (non-hydrogen) atoms. The summed E-state index contributed by atoms with van der Waals surface area (Å²) in [5.74, 6) is 1.23. The van der Waals surface area contributed by atoms with Gasteiger partial charge in [0, 0.05) is 11.1 Å². The van der Waals surface area contributed by atoms with Crippen molar-refractivity contribution in [2.24, 2.45) is 0 Å². The van der Waals surface area contributed by atoms with E-state index in [0.29, 0.717) is 22.9 Å². The van der Waals surface area contributed by atoms with E-state index in [4.69, 9.17) is 32.7 Å². The van der Waals surface area contributed by atoms with Crippen LogP contribution in [0.15, 0.2) is 36.4 Å². The highest BCUT2D eigenvalue weighted by Crippen LogP contribution is 2.38. The fraction of sp³-hybridized carbons (Fsp3) is 0.294. The zero-order valence-corrected chi connectivity index (χ0v) is 13.8. The first kappa shape index (κ1) is 16.0. The van der Waals surface area contributed by atoms with Crippen LogP contribution in [0.25, 0.3) is 0 Å². The molecule has 0 amide bonds. The second kappa shape index (κ2) is 7.06. The molecule has 2 aromatic carbocycles. The van der Waals surface area contributed by atoms with Crippen molar-refractivity contribution >= 4 is 23.2 Å². The fourth-order valence-corrected chi connectivity index (χ4v) is 2.85. The molecular weight excluding hydrogens is 307 g/mol. The van der Waals surface area contributed by atoms with Gasteiger partial charge in [0.15, 0.2) is 11.5 Å². The van der Waals surface area contributed by atoms with Crippen LogP contribution in [0.5, 0.6) is 11.5 Å². The number of hydrogen-bond donors (Lipinski definition) is 0. The van der Waals surface area contributed by atoms with Crippen LogP contribution in [0.3, 0.4) is 0 Å². The normalized spacial score (nSPS) is 12.0. The maximum Gasteiger partial charge on any atom is 0.162 e. The number of alkyl halides is 1. The van der Waals surface area contributed by atoms with Gasteiger partial charge in [0.25, 0.3) is 0 Å². The molecule has 0 aromatic heterocycles. The Morgan fingerprint density at radius 1 is 1.00 bits per heavy atom. The van der Waals surface area contributed by atoms with Crippen molar-refractivity contribution in [3.8, 4) is 11.5 Å². The van der Waals surface area contributed by atoms with Crippen molar-refractivity contribution in [2.45, 2.75) is 18.7 Å². The van der Waals surface area contributed by atoms with Gasteiger partial charge in [-0.2, -0.15) is 0 Å². The Hall–Kier alpha value is -1.38. The largest absolute Gasteiger partial charge is 0.493 e. The Balaban J connectivity index is 2.26. The highest BCUT2D eigenvalue weighted by Gasteiger charge is 2.17. The predicted octanol–water partition coefficient (Wildman–Crippen LogP) is 5.19. The van der Waals surface area contributed by atoms with Crippen LogP contribution >= 0.6 is 23.2 Å². The van der Waals surface area contributed by atoms with Gasteiger partial charge in [-0.05, 0) is 30.5 Å². The van der Waals surface area contributed by atoms with Crippen LogP contribution in [-0.2, 0) is 6.42 Å². The van der Waals surface area contributed by atoms with Gasteiger partial charge in [0.05, 0.1) is 19.6 Å². The summed E-state index contributed by atoms with van der Waals surface area (Å²) in [4.78, 5) is 0. The first-order valence-corrected chi connectivity index (χ1v) is 7.47. The van der Waals surface area contributed by atoms with Gasteiger partial charge >= 0.3 is 0 Å². The van der Waals surface area contributed by atoms with E-state index in [1.807, 2.05) is 6.07 Å². The van der Waals surface area contributed by atoms with E-state index in [-0.39, 0.29) is 5.38 Å². The van der Waals surface area contributed by atoms with Gasteiger partial charge in [-0.1, -0.05) is 41.4 Å². The Morgan fingerprint density at radius 2 is 1.57 bits per heavy atom. The predicted molar refractivity (Wildman–Crippen MR) is 88.0 cm³/mol. The summed E-state index contributed by atoms with van der Waals surface area (Å²) in [6, 6.07) is 11.9. The standard InChI is InChI=1S/C17H18Cl2O2/c1-11-4-6-12(7-5-11)8-14(18)13-9-16(20-2)17(21-3)10-15(13)19/h4-7,9-10,14H,8H2,1-3H3. The number of methoxy groups -OCH3 is 2. The molecule has 0 spiro atoms. The summed E-state index contributed by atoms with van der Waals surface area (Å²) in [5.41, 5.74) is 3.25. The Bertz CT molecular complexity index is 609. The minimum Gasteiger partial charge on any atom is -0.493 e. The molecule has 0 N–H and O–H groups in total. The van der Waals surface area contributed by atoms with Crippen molar-refractivity contribution < 1.29 is 9.47 Å². The molecule has 0 saturated carbocycles. The van der Waals surface area contributed by atoms with Crippen LogP contribution in [0.1, 0.15) is 22.1 Å². The van der Waals surface area contributed by atoms with E-state index in [9.17, 15) is 0 Å². The van der Waals surface area contributed by atoms with Crippen molar-refractivity contribution in [3.05, 3.63) is 58.1 Å². The van der Waals surface area contributed by atoms with Crippen molar-refractivity contribution in [1.29, 1.82) is 0 Å². The lowest BCUT2D eigenvalue weighted by molar-refractivity contribution is 0.354. The third-order valence-electron chi connectivity index (χ3n) is 3.38. The average molecular weight is 325 g/mol. The molecule has 0 heterocycles. The zero-order chi connectivity index (χ0) is 15.4. The van der Waals surface area contributed by atoms with Crippen LogP contribution in [-0.4, -0.2) is 14.2 Å². The molecular formula is C17H18Cl2O2. The minimum atomic E-state index is -0.222. The number of ether oxygens (including phenoxy) is 2. The highest BCUT2D eigenvalue weighted by molar-refractivity contribution is 6.33. The SMILES string of the molecule is COc1cc(Cl)c(C(Cl)Cc2ccc(C)cc2)cc1OC. The van der Waals surface area contributed by atoms with E-state index >= 15 is 0 Å². The van der Waals surface area contributed by atoms with E-state index < -0.39 is 0 Å². The minimum absolute atomic E-state index is 0.222. The summed E-state index contributed by atoms with van der Waals surface area (Å²) >= 11 is 12.8. The quantitative estimate of drug-likeness (QED) is 0.705. The third kappa shape index (κ3) is 3.84. The van der Waals surface area contributed by atoms with E-state index in [1.165, 1.54) is 11.1 Å². The number of rotatable bonds is 5. The number of benzene rings is 2. The van der Waals surface area contributed by atoms with Crippen LogP contribution in [0, 0.1) is 6.92 Å². The number of hydrogen-bond acceptors (Lipinski definition) is 2. The summed E-state index contributed by atoms with van der Waals surface area (Å²) in [6.45, 7) is 2.06. The van der Waals surface area contributed by atoms with E-state index in [2.05, 4.69) is 31.2 Å². The molecule has 0 aliphatic heterocycles. The summed E-state index contributed by atoms with van der Waals surface area (Å²) in [5, 5.41) is 0.361. The Morgan fingerprint density at radius 3 is 2.14 bits per heavy atom. The van der Waals surface area contributed by atoms with Crippen LogP contribution < -0.4 is 9.47 Å². The molecule has 0 saturated heterocycles. The molecule has 1 unspecified atom stereocenters. The summed E-state index contributed by atoms with van der Waals surface area (Å²) in [6.07, 6.45) is 0.705. The van der Waals surface area contributed by atoms with Gasteiger partial charge in [0.2, 0.25) is 0 Å². The molecule has 0 aliphatic carbocycles. The summed E-state index contributed by atoms with van der Waals surface area (Å²) < 4.78 is 10.5. The second-order valence-corrected chi connectivity index (χ2v) is 5.82. The van der Waals surface area contributed by atoms with Gasteiger partial charge < -0.3 is 9.47 Å². The molecule has 0 bridgehead atoms. The molecule has 2 rings (SSSR count). The lowest BCUT2D eigenvalue weighted by Gasteiger charge is -2.15. The number of halogens is 2. The smallest absolute Gasteiger partial charge is 0.162 e. The first-order chi connectivity index (χ1) is 10.0. The lowest BCUT2D eigenvalue weighted by Crippen LogP contribution is -1.99. The van der Waals surface area contributed by atoms with Crippen molar-refractivity contribution in [1.82, 2.24) is 0 Å². The van der Waals surface area contributed by atoms with Gasteiger partial charge in [-0.3, -0.25) is 0 Å². The Kier molecular flexibility index (Phi) is 5.38. The maximum absolute atomic E-state index is 6.53. The maximum atomic E-state index is 6.53. The van der Waals surface area contributed by atoms with Crippen molar-refractivity contribution in [3.63, 3.8) is 0 Å². The molecule has 112 valence electrons. The molecule has 0 aliphatic rings. The van der Waals surface area contributed by atoms with Gasteiger partial charge in [0.1, 0.15) is 0 Å². The molecule has 4 heteroatoms. The molecule has 1 atom stereocenters. The third-order valence-corrected chi connectivity index (χ3v) is 4.09. The van der Waals surface area contributed by atoms with Gasteiger partial charge in [-0.15, -0.1) is 11.6 Å². The summed E-state index contributed by atoms with van der Waals surface area (Å²) in [7, 11) is 3.18. The van der Waals surface area contributed by atoms with Crippen LogP contribution in [0.4, 0.5) is 0 Å². The molecule has 2 aromatic rings. The van der Waals surface area contributed by atoms with Crippen molar-refractivity contribution in [2.75, 3.05) is 14.2 Å². The highest BCUT2D eigenvalue weighted by atomic mass is 35.5. The Labute approximate surface area is 135 Å².